The van der Waals surface area contributed by atoms with Crippen LogP contribution in [0.15, 0.2) is 24.3 Å². The third-order valence-electron chi connectivity index (χ3n) is 3.53. The molecule has 104 valence electrons. The van der Waals surface area contributed by atoms with E-state index in [1.165, 1.54) is 6.07 Å². The summed E-state index contributed by atoms with van der Waals surface area (Å²) in [7, 11) is 0. The molecule has 0 aromatic heterocycles. The van der Waals surface area contributed by atoms with Gasteiger partial charge in [0.15, 0.2) is 0 Å². The molecule has 4 nitrogen and oxygen atoms in total. The van der Waals surface area contributed by atoms with E-state index in [1.807, 2.05) is 11.8 Å². The number of rotatable bonds is 3. The monoisotopic (exact) mass is 266 g/mol. The number of carbonyl (C=O) groups is 1. The van der Waals surface area contributed by atoms with Gasteiger partial charge in [-0.2, -0.15) is 0 Å². The average Bonchev–Trinajstić information content (AvgIpc) is 2.52. The third-order valence-corrected chi connectivity index (χ3v) is 3.53. The molecule has 0 amide bonds. The van der Waals surface area contributed by atoms with Gasteiger partial charge >= 0.3 is 5.97 Å². The van der Waals surface area contributed by atoms with E-state index in [4.69, 9.17) is 5.11 Å². The first-order chi connectivity index (χ1) is 9.08. The molecule has 2 unspecified atom stereocenters. The highest BCUT2D eigenvalue weighted by Gasteiger charge is 2.25. The zero-order valence-electron chi connectivity index (χ0n) is 11.0. The molecule has 2 atom stereocenters. The maximum absolute atomic E-state index is 13.9. The quantitative estimate of drug-likeness (QED) is 0.876. The lowest BCUT2D eigenvalue weighted by atomic mass is 10.1. The van der Waals surface area contributed by atoms with Crippen LogP contribution in [0.25, 0.3) is 0 Å². The van der Waals surface area contributed by atoms with Crippen LogP contribution in [0.2, 0.25) is 0 Å². The third kappa shape index (κ3) is 3.44. The van der Waals surface area contributed by atoms with Crippen molar-refractivity contribution in [3.8, 4) is 0 Å². The second-order valence-corrected chi connectivity index (χ2v) is 4.99. The fourth-order valence-corrected chi connectivity index (χ4v) is 2.50. The number of hydrogen-bond acceptors (Lipinski definition) is 3. The zero-order valence-corrected chi connectivity index (χ0v) is 11.0. The molecule has 0 radical (unpaired) electrons. The van der Waals surface area contributed by atoms with Crippen molar-refractivity contribution in [3.05, 3.63) is 30.1 Å². The van der Waals surface area contributed by atoms with Gasteiger partial charge in [-0.25, -0.2) is 4.39 Å². The van der Waals surface area contributed by atoms with Crippen LogP contribution in [0.5, 0.6) is 0 Å². The van der Waals surface area contributed by atoms with Crippen molar-refractivity contribution in [2.45, 2.75) is 31.8 Å². The predicted octanol–water partition coefficient (Wildman–Crippen LogP) is 1.86. The minimum Gasteiger partial charge on any atom is -0.481 e. The Bertz CT molecular complexity index is 453. The smallest absolute Gasteiger partial charge is 0.304 e. The summed E-state index contributed by atoms with van der Waals surface area (Å²) in [5.74, 6) is -1.09. The molecule has 1 saturated heterocycles. The number of halogens is 1. The first-order valence-corrected chi connectivity index (χ1v) is 6.54. The molecule has 1 aliphatic rings. The van der Waals surface area contributed by atoms with Crippen molar-refractivity contribution in [2.75, 3.05) is 18.0 Å². The molecule has 0 saturated carbocycles. The van der Waals surface area contributed by atoms with E-state index >= 15 is 0 Å². The van der Waals surface area contributed by atoms with Gasteiger partial charge in [-0.05, 0) is 32.0 Å². The Morgan fingerprint density at radius 3 is 2.95 bits per heavy atom. The van der Waals surface area contributed by atoms with E-state index in [0.29, 0.717) is 12.2 Å². The van der Waals surface area contributed by atoms with E-state index < -0.39 is 5.97 Å². The first-order valence-electron chi connectivity index (χ1n) is 6.54. The van der Waals surface area contributed by atoms with Crippen molar-refractivity contribution in [2.24, 2.45) is 0 Å². The van der Waals surface area contributed by atoms with Crippen molar-refractivity contribution in [1.29, 1.82) is 0 Å². The van der Waals surface area contributed by atoms with Gasteiger partial charge in [0, 0.05) is 18.6 Å². The van der Waals surface area contributed by atoms with Crippen LogP contribution in [0.1, 0.15) is 19.8 Å². The summed E-state index contributed by atoms with van der Waals surface area (Å²) in [6, 6.07) is 6.68. The Balaban J connectivity index is 2.20. The first kappa shape index (κ1) is 13.8. The van der Waals surface area contributed by atoms with Gasteiger partial charge in [-0.1, -0.05) is 12.1 Å². The van der Waals surface area contributed by atoms with Gasteiger partial charge in [-0.15, -0.1) is 0 Å². The Labute approximate surface area is 112 Å². The lowest BCUT2D eigenvalue weighted by molar-refractivity contribution is -0.137. The molecule has 0 aliphatic carbocycles. The van der Waals surface area contributed by atoms with Crippen LogP contribution in [0.3, 0.4) is 0 Å². The number of carboxylic acids is 1. The van der Waals surface area contributed by atoms with Crippen molar-refractivity contribution < 1.29 is 14.3 Å². The zero-order chi connectivity index (χ0) is 13.8. The molecule has 0 spiro atoms. The molecule has 2 rings (SSSR count). The van der Waals surface area contributed by atoms with Crippen molar-refractivity contribution >= 4 is 11.7 Å². The summed E-state index contributed by atoms with van der Waals surface area (Å²) >= 11 is 0. The Hall–Kier alpha value is -1.62. The Morgan fingerprint density at radius 2 is 2.26 bits per heavy atom. The summed E-state index contributed by atoms with van der Waals surface area (Å²) in [6.45, 7) is 3.30. The summed E-state index contributed by atoms with van der Waals surface area (Å²) in [5.41, 5.74) is 0.550. The maximum Gasteiger partial charge on any atom is 0.304 e. The van der Waals surface area contributed by atoms with E-state index in [9.17, 15) is 9.18 Å². The largest absolute Gasteiger partial charge is 0.481 e. The highest BCUT2D eigenvalue weighted by Crippen LogP contribution is 2.24. The van der Waals surface area contributed by atoms with Gasteiger partial charge in [0.1, 0.15) is 5.82 Å². The van der Waals surface area contributed by atoms with Gasteiger partial charge in [0.2, 0.25) is 0 Å². The van der Waals surface area contributed by atoms with Crippen LogP contribution >= 0.6 is 0 Å². The van der Waals surface area contributed by atoms with Crippen LogP contribution in [0, 0.1) is 5.82 Å². The molecule has 2 N–H and O–H groups in total. The summed E-state index contributed by atoms with van der Waals surface area (Å²) in [6.07, 6.45) is 0.919. The minimum absolute atomic E-state index is 0.0532. The second-order valence-electron chi connectivity index (χ2n) is 4.99. The second kappa shape index (κ2) is 6.02. The standard InChI is InChI=1S/C14H19FN2O2/c1-10-6-7-16-11(8-14(18)19)9-17(10)13-5-3-2-4-12(13)15/h2-5,10-11,16H,6-9H2,1H3,(H,18,19). The van der Waals surface area contributed by atoms with Gasteiger partial charge in [0.25, 0.3) is 0 Å². The SMILES string of the molecule is CC1CCNC(CC(=O)O)CN1c1ccccc1F. The van der Waals surface area contributed by atoms with Crippen LogP contribution in [-0.4, -0.2) is 36.2 Å². The number of nitrogens with one attached hydrogen (secondary N) is 1. The summed E-state index contributed by atoms with van der Waals surface area (Å²) in [5, 5.41) is 12.1. The van der Waals surface area contributed by atoms with E-state index in [-0.39, 0.29) is 24.3 Å². The number of aliphatic carboxylic acids is 1. The van der Waals surface area contributed by atoms with Gasteiger partial charge in [0.05, 0.1) is 12.1 Å². The fourth-order valence-electron chi connectivity index (χ4n) is 2.50. The number of hydrogen-bond donors (Lipinski definition) is 2. The fraction of sp³-hybridized carbons (Fsp3) is 0.500. The number of para-hydroxylation sites is 1. The van der Waals surface area contributed by atoms with E-state index in [1.54, 1.807) is 18.2 Å². The highest BCUT2D eigenvalue weighted by molar-refractivity contribution is 5.67. The topological polar surface area (TPSA) is 52.6 Å². The normalized spacial score (nSPS) is 24.0. The molecule has 0 bridgehead atoms. The molecule has 19 heavy (non-hydrogen) atoms. The number of nitrogens with zero attached hydrogens (tertiary/aromatic N) is 1. The minimum atomic E-state index is -0.833. The Morgan fingerprint density at radius 1 is 1.53 bits per heavy atom. The van der Waals surface area contributed by atoms with E-state index in [2.05, 4.69) is 5.32 Å². The summed E-state index contributed by atoms with van der Waals surface area (Å²) < 4.78 is 13.9. The number of benzene rings is 1. The van der Waals surface area contributed by atoms with Crippen LogP contribution < -0.4 is 10.2 Å². The van der Waals surface area contributed by atoms with Crippen LogP contribution in [-0.2, 0) is 4.79 Å². The van der Waals surface area contributed by atoms with Crippen molar-refractivity contribution in [1.82, 2.24) is 5.32 Å². The Kier molecular flexibility index (Phi) is 4.37. The molecule has 5 heteroatoms. The molecular formula is C14H19FN2O2. The highest BCUT2D eigenvalue weighted by atomic mass is 19.1. The lowest BCUT2D eigenvalue weighted by Crippen LogP contribution is -2.41. The molecule has 1 heterocycles. The van der Waals surface area contributed by atoms with E-state index in [0.717, 1.165) is 13.0 Å². The predicted molar refractivity (Wildman–Crippen MR) is 71.9 cm³/mol. The average molecular weight is 266 g/mol. The number of carboxylic acid groups (broad SMARTS) is 1. The molecule has 1 fully saturated rings. The van der Waals surface area contributed by atoms with Gasteiger partial charge in [-0.3, -0.25) is 4.79 Å². The van der Waals surface area contributed by atoms with Gasteiger partial charge < -0.3 is 15.3 Å². The lowest BCUT2D eigenvalue weighted by Gasteiger charge is -2.31. The molecule has 1 aromatic carbocycles. The van der Waals surface area contributed by atoms with Crippen LogP contribution in [0.4, 0.5) is 10.1 Å². The molecule has 1 aromatic rings. The molecular weight excluding hydrogens is 247 g/mol. The van der Waals surface area contributed by atoms with Crippen molar-refractivity contribution in [3.63, 3.8) is 0 Å². The number of anilines is 1. The maximum atomic E-state index is 13.9. The summed E-state index contributed by atoms with van der Waals surface area (Å²) in [4.78, 5) is 12.8. The molecule has 1 aliphatic heterocycles.